The van der Waals surface area contributed by atoms with E-state index in [-0.39, 0.29) is 24.7 Å². The molecule has 0 aliphatic carbocycles. The van der Waals surface area contributed by atoms with Crippen LogP contribution in [0.25, 0.3) is 0 Å². The van der Waals surface area contributed by atoms with Gasteiger partial charge in [-0.15, -0.1) is 11.8 Å². The Hall–Kier alpha value is -1.32. The highest BCUT2D eigenvalue weighted by Gasteiger charge is 2.34. The summed E-state index contributed by atoms with van der Waals surface area (Å²) in [7, 11) is 1.23. The van der Waals surface area contributed by atoms with Crippen molar-refractivity contribution >= 4 is 29.7 Å². The first-order chi connectivity index (χ1) is 12.0. The average molecular weight is 394 g/mol. The molecule has 0 radical (unpaired) electrons. The zero-order valence-electron chi connectivity index (χ0n) is 16.1. The maximum absolute atomic E-state index is 11.8. The zero-order chi connectivity index (χ0) is 20.4. The molecule has 26 heavy (non-hydrogen) atoms. The zero-order valence-corrected chi connectivity index (χ0v) is 16.9. The van der Waals surface area contributed by atoms with Gasteiger partial charge in [-0.05, 0) is 27.2 Å². The lowest BCUT2D eigenvalue weighted by atomic mass is 9.91. The van der Waals surface area contributed by atoms with Crippen LogP contribution in [0.3, 0.4) is 0 Å². The van der Waals surface area contributed by atoms with Gasteiger partial charge in [0.2, 0.25) is 0 Å². The fraction of sp³-hybridized carbons (Fsp3) is 0.824. The van der Waals surface area contributed by atoms with Crippen LogP contribution in [0.4, 0.5) is 0 Å². The number of thioether (sulfide) groups is 1. The van der Waals surface area contributed by atoms with Crippen molar-refractivity contribution in [2.75, 3.05) is 38.4 Å². The maximum atomic E-state index is 11.8. The summed E-state index contributed by atoms with van der Waals surface area (Å²) in [5.74, 6) is -1.45. The summed E-state index contributed by atoms with van der Waals surface area (Å²) >= 11 is 1.11. The topological polar surface area (TPSA) is 119 Å². The quantitative estimate of drug-likeness (QED) is 0.365. The lowest BCUT2D eigenvalue weighted by Gasteiger charge is -2.23. The van der Waals surface area contributed by atoms with Crippen molar-refractivity contribution in [3.63, 3.8) is 0 Å². The van der Waals surface area contributed by atoms with Gasteiger partial charge in [0.15, 0.2) is 0 Å². The minimum atomic E-state index is -1.11. The van der Waals surface area contributed by atoms with Gasteiger partial charge in [-0.25, -0.2) is 0 Å². The number of rotatable bonds is 12. The summed E-state index contributed by atoms with van der Waals surface area (Å²) < 4.78 is 14.5. The number of ether oxygens (including phenoxy) is 3. The van der Waals surface area contributed by atoms with E-state index in [1.807, 2.05) is 6.92 Å². The van der Waals surface area contributed by atoms with Crippen molar-refractivity contribution < 1.29 is 38.8 Å². The molecule has 0 aliphatic rings. The lowest BCUT2D eigenvalue weighted by molar-refractivity contribution is -0.159. The Morgan fingerprint density at radius 3 is 2.15 bits per heavy atom. The van der Waals surface area contributed by atoms with Crippen LogP contribution in [0.5, 0.6) is 0 Å². The molecule has 0 rings (SSSR count). The Morgan fingerprint density at radius 2 is 1.65 bits per heavy atom. The summed E-state index contributed by atoms with van der Waals surface area (Å²) in [6, 6.07) is 0. The van der Waals surface area contributed by atoms with Crippen molar-refractivity contribution in [3.05, 3.63) is 0 Å². The van der Waals surface area contributed by atoms with Crippen LogP contribution in [0.15, 0.2) is 0 Å². The fourth-order valence-corrected chi connectivity index (χ4v) is 2.58. The Labute approximate surface area is 158 Å². The van der Waals surface area contributed by atoms with Crippen LogP contribution < -0.4 is 0 Å². The largest absolute Gasteiger partial charge is 0.469 e. The smallest absolute Gasteiger partial charge is 0.315 e. The molecular weight excluding hydrogens is 364 g/mol. The van der Waals surface area contributed by atoms with E-state index in [9.17, 15) is 24.6 Å². The van der Waals surface area contributed by atoms with Gasteiger partial charge in [-0.2, -0.15) is 0 Å². The normalized spacial score (nSPS) is 14.9. The van der Waals surface area contributed by atoms with Crippen LogP contribution in [0, 0.1) is 10.8 Å². The molecular formula is C17H30O8S. The first-order valence-corrected chi connectivity index (χ1v) is 9.45. The third-order valence-corrected chi connectivity index (χ3v) is 5.23. The van der Waals surface area contributed by atoms with Crippen molar-refractivity contribution in [1.29, 1.82) is 0 Å². The number of hydrogen-bond acceptors (Lipinski definition) is 9. The molecule has 0 bridgehead atoms. The molecule has 0 fully saturated rings. The van der Waals surface area contributed by atoms with Crippen LogP contribution >= 0.6 is 11.8 Å². The number of methoxy groups -OCH3 is 1. The SMILES string of the molecule is CCC(C)(C)C(=O)OCC(O)COC(=O)CSCC(C)(CO)C(=O)OC. The second kappa shape index (κ2) is 11.4. The van der Waals surface area contributed by atoms with Gasteiger partial charge in [0.05, 0.1) is 30.3 Å². The third-order valence-electron chi connectivity index (χ3n) is 3.95. The van der Waals surface area contributed by atoms with Crippen molar-refractivity contribution in [1.82, 2.24) is 0 Å². The van der Waals surface area contributed by atoms with Gasteiger partial charge in [-0.1, -0.05) is 6.92 Å². The molecule has 2 atom stereocenters. The minimum absolute atomic E-state index is 0.0536. The third kappa shape index (κ3) is 8.37. The van der Waals surface area contributed by atoms with Crippen LogP contribution in [-0.4, -0.2) is 72.7 Å². The molecule has 0 heterocycles. The summed E-state index contributed by atoms with van der Waals surface area (Å²) in [5, 5.41) is 19.0. The fourth-order valence-electron chi connectivity index (χ4n) is 1.57. The summed E-state index contributed by atoms with van der Waals surface area (Å²) in [5.41, 5.74) is -1.73. The van der Waals surface area contributed by atoms with Crippen molar-refractivity contribution in [2.24, 2.45) is 10.8 Å². The molecule has 0 saturated carbocycles. The summed E-state index contributed by atoms with van der Waals surface area (Å²) in [6.07, 6.45) is -0.509. The van der Waals surface area contributed by atoms with Gasteiger partial charge in [0.1, 0.15) is 19.3 Å². The summed E-state index contributed by atoms with van der Waals surface area (Å²) in [4.78, 5) is 35.0. The number of carbonyl (C=O) groups excluding carboxylic acids is 3. The second-order valence-corrected chi connectivity index (χ2v) is 7.86. The van der Waals surface area contributed by atoms with Crippen LogP contribution in [-0.2, 0) is 28.6 Å². The van der Waals surface area contributed by atoms with Crippen molar-refractivity contribution in [2.45, 2.75) is 40.2 Å². The van der Waals surface area contributed by atoms with Crippen molar-refractivity contribution in [3.8, 4) is 0 Å². The highest BCUT2D eigenvalue weighted by molar-refractivity contribution is 8.00. The molecule has 0 amide bonds. The average Bonchev–Trinajstić information content (AvgIpc) is 2.63. The molecule has 2 unspecified atom stereocenters. The van der Waals surface area contributed by atoms with E-state index in [1.54, 1.807) is 13.8 Å². The predicted octanol–water partition coefficient (Wildman–Crippen LogP) is 0.775. The molecule has 9 heteroatoms. The lowest BCUT2D eigenvalue weighted by Crippen LogP contribution is -2.35. The minimum Gasteiger partial charge on any atom is -0.469 e. The number of esters is 3. The number of carbonyl (C=O) groups is 3. The Kier molecular flexibility index (Phi) is 10.8. The van der Waals surface area contributed by atoms with E-state index in [2.05, 4.69) is 4.74 Å². The van der Waals surface area contributed by atoms with Crippen LogP contribution in [0.2, 0.25) is 0 Å². The first kappa shape index (κ1) is 24.7. The monoisotopic (exact) mass is 394 g/mol. The van der Waals surface area contributed by atoms with Gasteiger partial charge >= 0.3 is 17.9 Å². The molecule has 0 saturated heterocycles. The molecule has 0 aromatic rings. The maximum Gasteiger partial charge on any atom is 0.315 e. The Bertz CT molecular complexity index is 479. The van der Waals surface area contributed by atoms with E-state index in [0.717, 1.165) is 11.8 Å². The van der Waals surface area contributed by atoms with E-state index >= 15 is 0 Å². The predicted molar refractivity (Wildman–Crippen MR) is 96.5 cm³/mol. The Balaban J connectivity index is 4.12. The molecule has 0 spiro atoms. The highest BCUT2D eigenvalue weighted by Crippen LogP contribution is 2.24. The molecule has 0 aromatic carbocycles. The Morgan fingerprint density at radius 1 is 1.08 bits per heavy atom. The molecule has 0 aliphatic heterocycles. The molecule has 152 valence electrons. The van der Waals surface area contributed by atoms with E-state index in [1.165, 1.54) is 14.0 Å². The number of aliphatic hydroxyl groups is 2. The van der Waals surface area contributed by atoms with Gasteiger partial charge in [0, 0.05) is 5.75 Å². The molecule has 0 aromatic heterocycles. The van der Waals surface area contributed by atoms with E-state index in [0.29, 0.717) is 6.42 Å². The van der Waals surface area contributed by atoms with Gasteiger partial charge < -0.3 is 24.4 Å². The van der Waals surface area contributed by atoms with Gasteiger partial charge in [0.25, 0.3) is 0 Å². The first-order valence-electron chi connectivity index (χ1n) is 8.30. The van der Waals surface area contributed by atoms with E-state index < -0.39 is 41.4 Å². The van der Waals surface area contributed by atoms with Gasteiger partial charge in [-0.3, -0.25) is 14.4 Å². The highest BCUT2D eigenvalue weighted by atomic mass is 32.2. The van der Waals surface area contributed by atoms with E-state index in [4.69, 9.17) is 9.47 Å². The van der Waals surface area contributed by atoms with Crippen LogP contribution in [0.1, 0.15) is 34.1 Å². The molecule has 2 N–H and O–H groups in total. The number of aliphatic hydroxyl groups excluding tert-OH is 2. The second-order valence-electron chi connectivity index (χ2n) is 6.88. The standard InChI is InChI=1S/C17H30O8S/c1-6-16(2,3)14(21)25-8-12(19)7-24-13(20)9-26-11-17(4,10-18)15(22)23-5/h12,18-19H,6-11H2,1-5H3. The summed E-state index contributed by atoms with van der Waals surface area (Å²) in [6.45, 7) is 5.92. The number of hydrogen-bond donors (Lipinski definition) is 2. The molecule has 8 nitrogen and oxygen atoms in total.